The minimum absolute atomic E-state index is 0.691. The summed E-state index contributed by atoms with van der Waals surface area (Å²) in [5.41, 5.74) is 2.92. The van der Waals surface area contributed by atoms with Crippen molar-refractivity contribution in [3.8, 4) is 0 Å². The van der Waals surface area contributed by atoms with E-state index in [-0.39, 0.29) is 0 Å². The van der Waals surface area contributed by atoms with Gasteiger partial charge < -0.3 is 5.32 Å². The molecule has 1 rings (SSSR count). The Labute approximate surface area is 93.9 Å². The van der Waals surface area contributed by atoms with Crippen LogP contribution in [0.15, 0.2) is 24.3 Å². The number of hydrogen-bond acceptors (Lipinski definition) is 1. The number of rotatable bonds is 6. The zero-order chi connectivity index (χ0) is 11.1. The summed E-state index contributed by atoms with van der Waals surface area (Å²) >= 11 is 0. The smallest absolute Gasteiger partial charge is 0.00488 e. The molecule has 84 valence electrons. The monoisotopic (exact) mass is 205 g/mol. The standard InChI is InChI=1S/C14H23N/c1-4-12(2)14-9-7-13(8-10-14)6-5-11-15-3/h7-10,12,15H,4-6,11H2,1-3H3. The average Bonchev–Trinajstić information content (AvgIpc) is 2.29. The van der Waals surface area contributed by atoms with Crippen molar-refractivity contribution in [3.63, 3.8) is 0 Å². The minimum Gasteiger partial charge on any atom is -0.320 e. The van der Waals surface area contributed by atoms with Gasteiger partial charge in [-0.1, -0.05) is 38.1 Å². The molecule has 0 saturated carbocycles. The van der Waals surface area contributed by atoms with Crippen molar-refractivity contribution in [2.45, 2.75) is 39.0 Å². The second kappa shape index (κ2) is 6.62. The molecule has 15 heavy (non-hydrogen) atoms. The van der Waals surface area contributed by atoms with Gasteiger partial charge in [-0.05, 0) is 49.9 Å². The van der Waals surface area contributed by atoms with Crippen molar-refractivity contribution in [1.29, 1.82) is 0 Å². The lowest BCUT2D eigenvalue weighted by Gasteiger charge is -2.09. The fourth-order valence-electron chi connectivity index (χ4n) is 1.72. The molecule has 0 saturated heterocycles. The van der Waals surface area contributed by atoms with Crippen LogP contribution in [0.5, 0.6) is 0 Å². The molecule has 0 spiro atoms. The summed E-state index contributed by atoms with van der Waals surface area (Å²) < 4.78 is 0. The van der Waals surface area contributed by atoms with Crippen LogP contribution in [0.2, 0.25) is 0 Å². The molecule has 0 aliphatic rings. The molecule has 0 aliphatic carbocycles. The summed E-state index contributed by atoms with van der Waals surface area (Å²) in [5, 5.41) is 3.18. The average molecular weight is 205 g/mol. The predicted octanol–water partition coefficient (Wildman–Crippen LogP) is 3.35. The predicted molar refractivity (Wildman–Crippen MR) is 67.4 cm³/mol. The molecule has 0 radical (unpaired) electrons. The van der Waals surface area contributed by atoms with Crippen molar-refractivity contribution < 1.29 is 0 Å². The van der Waals surface area contributed by atoms with E-state index in [4.69, 9.17) is 0 Å². The van der Waals surface area contributed by atoms with Gasteiger partial charge in [-0.2, -0.15) is 0 Å². The summed E-state index contributed by atoms with van der Waals surface area (Å²) in [5.74, 6) is 0.691. The van der Waals surface area contributed by atoms with Crippen molar-refractivity contribution in [3.05, 3.63) is 35.4 Å². The van der Waals surface area contributed by atoms with E-state index in [1.807, 2.05) is 7.05 Å². The third-order valence-corrected chi connectivity index (χ3v) is 3.05. The maximum atomic E-state index is 3.18. The van der Waals surface area contributed by atoms with Crippen LogP contribution in [-0.2, 0) is 6.42 Å². The SMILES string of the molecule is CCC(C)c1ccc(CCCNC)cc1. The first kappa shape index (κ1) is 12.3. The molecule has 0 fully saturated rings. The van der Waals surface area contributed by atoms with Crippen LogP contribution in [0.25, 0.3) is 0 Å². The Morgan fingerprint density at radius 1 is 1.20 bits per heavy atom. The van der Waals surface area contributed by atoms with Crippen LogP contribution in [0.4, 0.5) is 0 Å². The van der Waals surface area contributed by atoms with Gasteiger partial charge in [-0.3, -0.25) is 0 Å². The summed E-state index contributed by atoms with van der Waals surface area (Å²) in [6.45, 7) is 5.63. The maximum Gasteiger partial charge on any atom is -0.00488 e. The molecule has 1 aromatic carbocycles. The molecule has 1 unspecified atom stereocenters. The van der Waals surface area contributed by atoms with E-state index in [2.05, 4.69) is 43.4 Å². The first-order chi connectivity index (χ1) is 7.27. The van der Waals surface area contributed by atoms with Crippen LogP contribution in [0, 0.1) is 0 Å². The Bertz CT molecular complexity index is 263. The maximum absolute atomic E-state index is 3.18. The van der Waals surface area contributed by atoms with Gasteiger partial charge in [0.15, 0.2) is 0 Å². The number of benzene rings is 1. The highest BCUT2D eigenvalue weighted by Crippen LogP contribution is 2.19. The summed E-state index contributed by atoms with van der Waals surface area (Å²) in [4.78, 5) is 0. The van der Waals surface area contributed by atoms with Crippen molar-refractivity contribution in [2.75, 3.05) is 13.6 Å². The second-order valence-corrected chi connectivity index (χ2v) is 4.26. The first-order valence-corrected chi connectivity index (χ1v) is 6.01. The molecule has 1 nitrogen and oxygen atoms in total. The van der Waals surface area contributed by atoms with Gasteiger partial charge in [0.25, 0.3) is 0 Å². The van der Waals surface area contributed by atoms with Gasteiger partial charge in [-0.15, -0.1) is 0 Å². The van der Waals surface area contributed by atoms with Crippen LogP contribution in [0.1, 0.15) is 43.7 Å². The van der Waals surface area contributed by atoms with E-state index in [1.165, 1.54) is 30.4 Å². The Morgan fingerprint density at radius 2 is 1.87 bits per heavy atom. The third kappa shape index (κ3) is 4.05. The lowest BCUT2D eigenvalue weighted by atomic mass is 9.97. The lowest BCUT2D eigenvalue weighted by molar-refractivity contribution is 0.720. The lowest BCUT2D eigenvalue weighted by Crippen LogP contribution is -2.08. The molecular weight excluding hydrogens is 182 g/mol. The van der Waals surface area contributed by atoms with E-state index >= 15 is 0 Å². The number of aryl methyl sites for hydroxylation is 1. The van der Waals surface area contributed by atoms with Gasteiger partial charge >= 0.3 is 0 Å². The minimum atomic E-state index is 0.691. The van der Waals surface area contributed by atoms with Crippen LogP contribution >= 0.6 is 0 Å². The van der Waals surface area contributed by atoms with E-state index in [1.54, 1.807) is 0 Å². The Hall–Kier alpha value is -0.820. The molecule has 1 heteroatoms. The fraction of sp³-hybridized carbons (Fsp3) is 0.571. The number of hydrogen-bond donors (Lipinski definition) is 1. The van der Waals surface area contributed by atoms with Gasteiger partial charge in [0, 0.05) is 0 Å². The van der Waals surface area contributed by atoms with Crippen LogP contribution in [-0.4, -0.2) is 13.6 Å². The highest BCUT2D eigenvalue weighted by molar-refractivity contribution is 5.25. The van der Waals surface area contributed by atoms with Crippen molar-refractivity contribution in [2.24, 2.45) is 0 Å². The van der Waals surface area contributed by atoms with Crippen LogP contribution < -0.4 is 5.32 Å². The molecule has 0 bridgehead atoms. The van der Waals surface area contributed by atoms with Gasteiger partial charge in [-0.25, -0.2) is 0 Å². The summed E-state index contributed by atoms with van der Waals surface area (Å²) in [6.07, 6.45) is 3.62. The number of nitrogens with one attached hydrogen (secondary N) is 1. The Balaban J connectivity index is 2.49. The van der Waals surface area contributed by atoms with Crippen LogP contribution in [0.3, 0.4) is 0 Å². The molecule has 0 heterocycles. The highest BCUT2D eigenvalue weighted by Gasteiger charge is 2.01. The van der Waals surface area contributed by atoms with Crippen molar-refractivity contribution >= 4 is 0 Å². The van der Waals surface area contributed by atoms with E-state index in [0.29, 0.717) is 5.92 Å². The van der Waals surface area contributed by atoms with Crippen molar-refractivity contribution in [1.82, 2.24) is 5.32 Å². The zero-order valence-electron chi connectivity index (χ0n) is 10.2. The van der Waals surface area contributed by atoms with Gasteiger partial charge in [0.05, 0.1) is 0 Å². The fourth-order valence-corrected chi connectivity index (χ4v) is 1.72. The molecule has 1 aromatic rings. The Kier molecular flexibility index (Phi) is 5.41. The third-order valence-electron chi connectivity index (χ3n) is 3.05. The molecule has 0 aromatic heterocycles. The zero-order valence-corrected chi connectivity index (χ0v) is 10.2. The largest absolute Gasteiger partial charge is 0.320 e. The summed E-state index contributed by atoms with van der Waals surface area (Å²) in [6, 6.07) is 9.11. The van der Waals surface area contributed by atoms with E-state index in [0.717, 1.165) is 6.54 Å². The normalized spacial score (nSPS) is 12.7. The summed E-state index contributed by atoms with van der Waals surface area (Å²) in [7, 11) is 2.01. The van der Waals surface area contributed by atoms with Gasteiger partial charge in [0.2, 0.25) is 0 Å². The molecule has 0 amide bonds. The molecule has 1 atom stereocenters. The molecular formula is C14H23N. The quantitative estimate of drug-likeness (QED) is 0.702. The van der Waals surface area contributed by atoms with Gasteiger partial charge in [0.1, 0.15) is 0 Å². The second-order valence-electron chi connectivity index (χ2n) is 4.26. The topological polar surface area (TPSA) is 12.0 Å². The first-order valence-electron chi connectivity index (χ1n) is 6.01. The molecule has 0 aliphatic heterocycles. The highest BCUT2D eigenvalue weighted by atomic mass is 14.8. The van der Waals surface area contributed by atoms with E-state index in [9.17, 15) is 0 Å². The van der Waals surface area contributed by atoms with E-state index < -0.39 is 0 Å². The molecule has 1 N–H and O–H groups in total. The Morgan fingerprint density at radius 3 is 2.40 bits per heavy atom.